The van der Waals surface area contributed by atoms with Crippen LogP contribution in [0.3, 0.4) is 0 Å². The van der Waals surface area contributed by atoms with Crippen LogP contribution in [0, 0.1) is 41.5 Å². The Balaban J connectivity index is 0.631. The summed E-state index contributed by atoms with van der Waals surface area (Å²) in [7, 11) is 1.05. The first-order chi connectivity index (χ1) is 67.1. The van der Waals surface area contributed by atoms with E-state index in [4.69, 9.17) is 108 Å². The van der Waals surface area contributed by atoms with Crippen LogP contribution in [-0.2, 0) is 128 Å². The van der Waals surface area contributed by atoms with Crippen molar-refractivity contribution in [1.29, 1.82) is 0 Å². The molecule has 8 aromatic rings. The Bertz CT molecular complexity index is 7150. The molecule has 15 rings (SSSR count). The van der Waals surface area contributed by atoms with E-state index in [2.05, 4.69) is 131 Å². The summed E-state index contributed by atoms with van der Waals surface area (Å²) in [5.41, 5.74) is 3.39. The van der Waals surface area contributed by atoms with Gasteiger partial charge < -0.3 is 49.1 Å². The van der Waals surface area contributed by atoms with Crippen LogP contribution in [0.5, 0.6) is 0 Å². The number of nitrogens with one attached hydrogen (secondary N) is 5. The van der Waals surface area contributed by atoms with Gasteiger partial charge in [0.15, 0.2) is 11.5 Å². The molecule has 71 heteroatoms. The highest BCUT2D eigenvalue weighted by Gasteiger charge is 2.53. The van der Waals surface area contributed by atoms with Crippen molar-refractivity contribution in [1.82, 2.24) is 76.8 Å². The van der Waals surface area contributed by atoms with Crippen LogP contribution >= 0.6 is 133 Å². The highest BCUT2D eigenvalue weighted by molar-refractivity contribution is 8.46. The fourth-order valence-corrected chi connectivity index (χ4v) is 26.6. The van der Waals surface area contributed by atoms with Gasteiger partial charge in [-0.3, -0.25) is 140 Å². The first-order valence-electron chi connectivity index (χ1n) is 43.1. The monoisotopic (exact) mass is 2280 g/mol. The molecule has 9 N–H and O–H groups in total. The largest absolute Gasteiger partial charge is 0.386 e. The maximum Gasteiger partial charge on any atom is 0.386 e. The molecule has 0 saturated carbocycles. The lowest BCUT2D eigenvalue weighted by molar-refractivity contribution is -0.0543. The Morgan fingerprint density at radius 1 is 0.329 bits per heavy atom. The van der Waals surface area contributed by atoms with E-state index in [1.807, 2.05) is 0 Å². The fraction of sp³-hybridized carbons (Fsp3) is 0.597. The number of anilines is 2. The summed E-state index contributed by atoms with van der Waals surface area (Å²) < 4.78 is 234. The summed E-state index contributed by atoms with van der Waals surface area (Å²) in [6.07, 6.45) is -21.0. The Labute approximate surface area is 840 Å². The number of ether oxygens (including phenoxy) is 7. The van der Waals surface area contributed by atoms with E-state index in [9.17, 15) is 84.7 Å². The topological polar surface area (TPSA) is 718 Å². The molecule has 57 nitrogen and oxygen atoms in total. The van der Waals surface area contributed by atoms with Gasteiger partial charge in [0.2, 0.25) is 0 Å². The first-order valence-corrected chi connectivity index (χ1v) is 61.9. The van der Waals surface area contributed by atoms with Crippen LogP contribution < -0.4 is 73.4 Å². The van der Waals surface area contributed by atoms with Crippen molar-refractivity contribution in [2.24, 2.45) is 0 Å². The molecule has 15 heterocycles. The van der Waals surface area contributed by atoms with E-state index in [0.29, 0.717) is 23.1 Å². The highest BCUT2D eigenvalue weighted by Crippen LogP contribution is 2.65. The van der Waals surface area contributed by atoms with Crippen molar-refractivity contribution in [2.45, 2.75) is 229 Å². The van der Waals surface area contributed by atoms with Gasteiger partial charge in [-0.25, -0.2) is 75.7 Å². The molecule has 786 valence electrons. The Morgan fingerprint density at radius 2 is 0.559 bits per heavy atom. The number of fused-ring (bicyclic) bond motifs is 1. The second kappa shape index (κ2) is 44.7. The molecule has 8 aromatic heterocycles. The van der Waals surface area contributed by atoms with Crippen molar-refractivity contribution >= 4 is 156 Å². The van der Waals surface area contributed by atoms with Gasteiger partial charge in [0.1, 0.15) is 135 Å². The van der Waals surface area contributed by atoms with Crippen molar-refractivity contribution in [3.05, 3.63) is 198 Å². The molecule has 0 radical (unpaired) electrons. The molecule has 14 unspecified atom stereocenters. The number of imidazole rings is 1. The van der Waals surface area contributed by atoms with Gasteiger partial charge in [0.25, 0.3) is 27.8 Å². The number of rotatable bonds is 41. The zero-order valence-corrected chi connectivity index (χ0v) is 88.4. The molecular formula is C72H97N18O39P7S7. The average molecular weight is 2280 g/mol. The maximum atomic E-state index is 15.0. The van der Waals surface area contributed by atoms with Crippen LogP contribution in [0.15, 0.2) is 103 Å². The standard InChI is InChI=1S/C72H97N18O39P7S7/c1-9-37-38(10-57(116-37)90-30-77-58-60(74)75-29-76-61(58)90)124-131(103,138)110-24-46-40(12-52(118-46)85-18-32(3)62(91)79-68(85)97)126-133(105,140)112-26-48-42(14-54(120-48)87-20-34(5)64(93)81-70(87)99)128-135(107,142)114-28-50-44(16-56(122-50)89-22-36(7)66(95)83-72(89)101)129-136(108,143)115-27-49-43(15-55(121-49)88-21-35(6)65(94)82-71(88)100)127-134(106,141)113-25-47-41(13-53(119-47)86-19-33(4)63(92)80-69(86)98)125-132(104,139)111-23-45-39(123-130(102,137)109-8)11-51(117-45)84-17-31(2)59(73)78-67(84)96/h17-22,29-30,37-57H,9-16,23-28H2,1-8H3,(H,102,137)(H,103,138)(H,104,139)(H,105,140)(H,106,141)(H,107,142)(H,108,143)(H2,73,78,96)(H2,74,75,76)(H,79,91,97)(H,80,92,98)(H,81,93,99)(H,82,94,100)(H,83,95,101)/t37-,38?,39?,40?,41?,42?,43?,44?,45-,46-,47-,48-,49-,50-,51-,52-,53-,54-,55-,56-,57-,130?,131?,132?,133?,134?,135?,136?/m1/s1. The number of nitrogens with two attached hydrogens (primary N) is 2. The third-order valence-electron chi connectivity index (χ3n) is 23.7. The number of H-pyrrole nitrogens is 5. The second-order valence-corrected chi connectivity index (χ2v) is 53.9. The minimum absolute atomic E-state index is 0.00161. The van der Waals surface area contributed by atoms with Crippen molar-refractivity contribution in [3.63, 3.8) is 0 Å². The number of nitrogens with zero attached hydrogens (tertiary/aromatic N) is 11. The van der Waals surface area contributed by atoms with Crippen LogP contribution in [0.4, 0.5) is 11.6 Å². The van der Waals surface area contributed by atoms with E-state index in [-0.39, 0.29) is 58.7 Å². The molecule has 28 atom stereocenters. The Kier molecular flexibility index (Phi) is 34.6. The molecule has 7 aliphatic rings. The van der Waals surface area contributed by atoms with Crippen LogP contribution in [0.2, 0.25) is 0 Å². The van der Waals surface area contributed by atoms with E-state index >= 15 is 0 Å². The van der Waals surface area contributed by atoms with Gasteiger partial charge in [0.05, 0.1) is 58.2 Å². The summed E-state index contributed by atoms with van der Waals surface area (Å²) in [4.78, 5) is 171. The summed E-state index contributed by atoms with van der Waals surface area (Å²) in [6, 6.07) is 0. The summed E-state index contributed by atoms with van der Waals surface area (Å²) in [6.45, 7) is -27.9. The number of thiol groups is 7. The van der Waals surface area contributed by atoms with Crippen LogP contribution in [0.1, 0.15) is 135 Å². The molecule has 7 fully saturated rings. The summed E-state index contributed by atoms with van der Waals surface area (Å²) in [5, 5.41) is 0. The molecular weight excluding hydrogens is 2180 g/mol. The van der Waals surface area contributed by atoms with Crippen molar-refractivity contribution in [2.75, 3.05) is 58.2 Å². The predicted molar refractivity (Wildman–Crippen MR) is 521 cm³/mol. The van der Waals surface area contributed by atoms with E-state index in [0.717, 1.165) is 59.3 Å². The molecule has 143 heavy (non-hydrogen) atoms. The van der Waals surface area contributed by atoms with Crippen molar-refractivity contribution in [3.8, 4) is 0 Å². The molecule has 0 aliphatic carbocycles. The maximum absolute atomic E-state index is 15.0. The van der Waals surface area contributed by atoms with Gasteiger partial charge in [-0.05, 0) is 48.0 Å². The third kappa shape index (κ3) is 26.8. The number of aromatic nitrogens is 16. The molecule has 0 amide bonds. The van der Waals surface area contributed by atoms with Gasteiger partial charge in [-0.15, -0.1) is 0 Å². The van der Waals surface area contributed by atoms with Gasteiger partial charge in [-0.1, -0.05) is 92.7 Å². The lowest BCUT2D eigenvalue weighted by Gasteiger charge is -2.27. The second-order valence-electron chi connectivity index (χ2n) is 33.7. The zero-order valence-electron chi connectivity index (χ0n) is 75.9. The molecule has 7 aliphatic heterocycles. The molecule has 7 saturated heterocycles. The number of hydrogen-bond acceptors (Lipinski definition) is 45. The normalized spacial score (nSPS) is 29.7. The first kappa shape index (κ1) is 111. The summed E-state index contributed by atoms with van der Waals surface area (Å²) >= 11 is 29.6. The van der Waals surface area contributed by atoms with E-state index in [1.54, 1.807) is 18.4 Å². The Morgan fingerprint density at radius 3 is 0.818 bits per heavy atom. The van der Waals surface area contributed by atoms with E-state index in [1.165, 1.54) is 59.7 Å². The minimum atomic E-state index is -4.98. The lowest BCUT2D eigenvalue weighted by atomic mass is 10.1. The minimum Gasteiger partial charge on any atom is -0.383 e. The van der Waals surface area contributed by atoms with Crippen LogP contribution in [-0.4, -0.2) is 209 Å². The number of aromatic amines is 5. The SMILES string of the molecule is CC[C@H]1O[C@@H](n2cnc3c(N)ncnc32)CC1OP(=O)(S)OC[C@H]1O[C@@H](n2cc(C)c(=O)[nH]c2=O)CC1OP(=O)(S)OC[C@H]1O[C@@H](n2cc(C)c(=O)[nH]c2=O)CC1OP(=O)(S)OC[C@H]1O[C@@H](n2cc(C)c(=O)[nH]c2=O)CC1OP(=O)(S)OC[C@H]1O[C@@H](n2cc(C)c(=O)[nH]c2=O)CC1OP(=O)(S)OC[C@H]1O[C@@H](n2cc(C)c(=O)[nH]c2=O)CC1OP(=O)(S)OC[C@H]1O[C@@H](n2cc(C)c(N)nc2=O)CC1OP(=O)(S)OC. The number of nitrogen functional groups attached to an aromatic ring is 2. The average Bonchev–Trinajstić information content (AvgIpc) is 1.61. The molecule has 0 aromatic carbocycles. The van der Waals surface area contributed by atoms with Gasteiger partial charge in [0, 0.05) is 123 Å². The quantitative estimate of drug-likeness (QED) is 0.0155. The number of aryl methyl sites for hydroxylation is 6. The third-order valence-corrected chi connectivity index (χ3v) is 35.3. The summed E-state index contributed by atoms with van der Waals surface area (Å²) in [5.74, 6) is 0.0486. The predicted octanol–water partition coefficient (Wildman–Crippen LogP) is 5.98. The van der Waals surface area contributed by atoms with E-state index < -0.39 is 304 Å². The van der Waals surface area contributed by atoms with Crippen molar-refractivity contribution < 1.29 is 128 Å². The lowest BCUT2D eigenvalue weighted by Crippen LogP contribution is -2.33. The fourth-order valence-electron chi connectivity index (χ4n) is 16.4. The molecule has 0 spiro atoms. The Hall–Kier alpha value is -6.35. The molecule has 0 bridgehead atoms. The van der Waals surface area contributed by atoms with Crippen LogP contribution in [0.25, 0.3) is 11.2 Å². The van der Waals surface area contributed by atoms with Gasteiger partial charge >= 0.3 is 81.7 Å². The highest BCUT2D eigenvalue weighted by atomic mass is 32.7. The smallest absolute Gasteiger partial charge is 0.383 e. The zero-order chi connectivity index (χ0) is 104. The van der Waals surface area contributed by atoms with Gasteiger partial charge in [-0.2, -0.15) is 4.98 Å². The number of hydrogen-bond donors (Lipinski definition) is 14.